The van der Waals surface area contributed by atoms with Crippen LogP contribution in [0.2, 0.25) is 0 Å². The Morgan fingerprint density at radius 1 is 1.53 bits per heavy atom. The lowest BCUT2D eigenvalue weighted by Crippen LogP contribution is -2.26. The summed E-state index contributed by atoms with van der Waals surface area (Å²) in [6, 6.07) is 7.13. The molecule has 0 saturated heterocycles. The number of hydrogen-bond acceptors (Lipinski definition) is 3. The van der Waals surface area contributed by atoms with Crippen LogP contribution >= 0.6 is 11.8 Å². The minimum absolute atomic E-state index is 0.112. The third-order valence-electron chi connectivity index (χ3n) is 2.60. The minimum Gasteiger partial charge on any atom is -0.310 e. The van der Waals surface area contributed by atoms with Crippen LogP contribution in [-0.2, 0) is 6.54 Å². The number of thioether (sulfide) groups is 1. The van der Waals surface area contributed by atoms with Crippen molar-refractivity contribution in [2.45, 2.75) is 25.9 Å². The molecule has 0 aliphatic carbocycles. The van der Waals surface area contributed by atoms with Crippen molar-refractivity contribution in [1.29, 1.82) is 5.26 Å². The number of nitrogens with zero attached hydrogens (tertiary/aromatic N) is 1. The molecule has 1 atom stereocenters. The van der Waals surface area contributed by atoms with E-state index in [1.54, 1.807) is 23.9 Å². The zero-order chi connectivity index (χ0) is 12.7. The SMILES string of the molecule is CSCCC(C)NCc1cccc(C#N)c1F. The molecule has 0 aromatic heterocycles. The van der Waals surface area contributed by atoms with Crippen LogP contribution < -0.4 is 5.32 Å². The first-order valence-corrected chi connectivity index (χ1v) is 6.98. The molecule has 0 aliphatic heterocycles. The molecule has 4 heteroatoms. The van der Waals surface area contributed by atoms with Gasteiger partial charge in [-0.15, -0.1) is 0 Å². The molecule has 1 N–H and O–H groups in total. The van der Waals surface area contributed by atoms with Crippen LogP contribution in [0.3, 0.4) is 0 Å². The second-order valence-corrected chi connectivity index (χ2v) is 4.94. The highest BCUT2D eigenvalue weighted by molar-refractivity contribution is 7.98. The Hall–Kier alpha value is -1.05. The van der Waals surface area contributed by atoms with Gasteiger partial charge in [0.15, 0.2) is 0 Å². The summed E-state index contributed by atoms with van der Waals surface area (Å²) in [5, 5.41) is 12.0. The van der Waals surface area contributed by atoms with Gasteiger partial charge in [0.25, 0.3) is 0 Å². The predicted molar refractivity (Wildman–Crippen MR) is 70.4 cm³/mol. The van der Waals surface area contributed by atoms with E-state index in [0.717, 1.165) is 12.2 Å². The molecule has 0 saturated carbocycles. The summed E-state index contributed by atoms with van der Waals surface area (Å²) in [5.74, 6) is 0.689. The van der Waals surface area contributed by atoms with Crippen molar-refractivity contribution >= 4 is 11.8 Å². The summed E-state index contributed by atoms with van der Waals surface area (Å²) in [6.45, 7) is 2.55. The van der Waals surface area contributed by atoms with Crippen LogP contribution in [0, 0.1) is 17.1 Å². The Balaban J connectivity index is 2.55. The lowest BCUT2D eigenvalue weighted by Gasteiger charge is -2.13. The van der Waals surface area contributed by atoms with E-state index < -0.39 is 5.82 Å². The van der Waals surface area contributed by atoms with E-state index in [9.17, 15) is 4.39 Å². The molecule has 92 valence electrons. The van der Waals surface area contributed by atoms with Gasteiger partial charge in [-0.05, 0) is 31.4 Å². The van der Waals surface area contributed by atoms with Crippen LogP contribution in [-0.4, -0.2) is 18.1 Å². The molecule has 0 heterocycles. The molecule has 0 fully saturated rings. The number of hydrogen-bond donors (Lipinski definition) is 1. The van der Waals surface area contributed by atoms with Crippen molar-refractivity contribution in [2.75, 3.05) is 12.0 Å². The Labute approximate surface area is 106 Å². The summed E-state index contributed by atoms with van der Waals surface area (Å²) in [7, 11) is 0. The highest BCUT2D eigenvalue weighted by Crippen LogP contribution is 2.12. The van der Waals surface area contributed by atoms with E-state index >= 15 is 0 Å². The highest BCUT2D eigenvalue weighted by atomic mass is 32.2. The molecular formula is C13H17FN2S. The van der Waals surface area contributed by atoms with Crippen LogP contribution in [0.1, 0.15) is 24.5 Å². The van der Waals surface area contributed by atoms with Crippen molar-refractivity contribution in [3.8, 4) is 6.07 Å². The number of nitriles is 1. The summed E-state index contributed by atoms with van der Waals surface area (Å²) >= 11 is 1.80. The highest BCUT2D eigenvalue weighted by Gasteiger charge is 2.08. The normalized spacial score (nSPS) is 12.1. The largest absolute Gasteiger partial charge is 0.310 e. The smallest absolute Gasteiger partial charge is 0.145 e. The first kappa shape index (κ1) is 14.0. The molecule has 1 aromatic rings. The fraction of sp³-hybridized carbons (Fsp3) is 0.462. The van der Waals surface area contributed by atoms with Gasteiger partial charge in [0.2, 0.25) is 0 Å². The Bertz CT molecular complexity index is 401. The molecular weight excluding hydrogens is 235 g/mol. The van der Waals surface area contributed by atoms with E-state index in [0.29, 0.717) is 18.2 Å². The van der Waals surface area contributed by atoms with E-state index in [2.05, 4.69) is 18.5 Å². The third-order valence-corrected chi connectivity index (χ3v) is 3.24. The number of rotatable bonds is 6. The maximum atomic E-state index is 13.7. The molecule has 2 nitrogen and oxygen atoms in total. The van der Waals surface area contributed by atoms with Crippen LogP contribution in [0.25, 0.3) is 0 Å². The van der Waals surface area contributed by atoms with Crippen molar-refractivity contribution in [2.24, 2.45) is 0 Å². The van der Waals surface area contributed by atoms with E-state index in [4.69, 9.17) is 5.26 Å². The van der Waals surface area contributed by atoms with E-state index in [1.807, 2.05) is 6.07 Å². The average molecular weight is 252 g/mol. The average Bonchev–Trinajstić information content (AvgIpc) is 2.35. The summed E-state index contributed by atoms with van der Waals surface area (Å²) in [4.78, 5) is 0. The molecule has 17 heavy (non-hydrogen) atoms. The van der Waals surface area contributed by atoms with Gasteiger partial charge in [-0.1, -0.05) is 12.1 Å². The van der Waals surface area contributed by atoms with Crippen molar-refractivity contribution in [3.05, 3.63) is 35.1 Å². The molecule has 1 unspecified atom stereocenters. The molecule has 1 rings (SSSR count). The second-order valence-electron chi connectivity index (χ2n) is 3.95. The number of benzene rings is 1. The van der Waals surface area contributed by atoms with Gasteiger partial charge in [0.1, 0.15) is 11.9 Å². The molecule has 1 aromatic carbocycles. The van der Waals surface area contributed by atoms with Crippen molar-refractivity contribution in [1.82, 2.24) is 5.32 Å². The lowest BCUT2D eigenvalue weighted by atomic mass is 10.1. The summed E-state index contributed by atoms with van der Waals surface area (Å²) in [5.41, 5.74) is 0.668. The fourth-order valence-corrected chi connectivity index (χ4v) is 2.07. The van der Waals surface area contributed by atoms with E-state index in [1.165, 1.54) is 6.07 Å². The predicted octanol–water partition coefficient (Wildman–Crippen LogP) is 2.93. The van der Waals surface area contributed by atoms with Gasteiger partial charge in [0.05, 0.1) is 5.56 Å². The van der Waals surface area contributed by atoms with Gasteiger partial charge in [-0.3, -0.25) is 0 Å². The minimum atomic E-state index is -0.403. The zero-order valence-electron chi connectivity index (χ0n) is 10.2. The fourth-order valence-electron chi connectivity index (χ4n) is 1.48. The van der Waals surface area contributed by atoms with Gasteiger partial charge >= 0.3 is 0 Å². The number of halogens is 1. The zero-order valence-corrected chi connectivity index (χ0v) is 11.0. The van der Waals surface area contributed by atoms with Gasteiger partial charge in [-0.25, -0.2) is 4.39 Å². The van der Waals surface area contributed by atoms with Crippen molar-refractivity contribution in [3.63, 3.8) is 0 Å². The molecule has 0 aliphatic rings. The van der Waals surface area contributed by atoms with Gasteiger partial charge in [0, 0.05) is 18.2 Å². The summed E-state index contributed by atoms with van der Waals surface area (Å²) < 4.78 is 13.7. The Morgan fingerprint density at radius 2 is 2.29 bits per heavy atom. The standard InChI is InChI=1S/C13H17FN2S/c1-10(6-7-17-2)16-9-12-5-3-4-11(8-15)13(12)14/h3-5,10,16H,6-7,9H2,1-2H3. The molecule has 0 amide bonds. The van der Waals surface area contributed by atoms with E-state index in [-0.39, 0.29) is 5.56 Å². The van der Waals surface area contributed by atoms with Crippen LogP contribution in [0.5, 0.6) is 0 Å². The van der Waals surface area contributed by atoms with Crippen molar-refractivity contribution < 1.29 is 4.39 Å². The maximum absolute atomic E-state index is 13.7. The Morgan fingerprint density at radius 3 is 2.94 bits per heavy atom. The van der Waals surface area contributed by atoms with Gasteiger partial charge in [-0.2, -0.15) is 17.0 Å². The second kappa shape index (κ2) is 7.31. The van der Waals surface area contributed by atoms with Crippen LogP contribution in [0.15, 0.2) is 18.2 Å². The Kier molecular flexibility index (Phi) is 6.03. The lowest BCUT2D eigenvalue weighted by molar-refractivity contribution is 0.519. The molecule has 0 radical (unpaired) electrons. The molecule has 0 spiro atoms. The first-order chi connectivity index (χ1) is 8.19. The summed E-state index contributed by atoms with van der Waals surface area (Å²) in [6.07, 6.45) is 3.13. The van der Waals surface area contributed by atoms with Crippen LogP contribution in [0.4, 0.5) is 4.39 Å². The quantitative estimate of drug-likeness (QED) is 0.845. The topological polar surface area (TPSA) is 35.8 Å². The third kappa shape index (κ3) is 4.37. The first-order valence-electron chi connectivity index (χ1n) is 5.58. The monoisotopic (exact) mass is 252 g/mol. The molecule has 0 bridgehead atoms. The maximum Gasteiger partial charge on any atom is 0.145 e. The van der Waals surface area contributed by atoms with Gasteiger partial charge < -0.3 is 5.32 Å². The number of nitrogens with one attached hydrogen (secondary N) is 1.